The van der Waals surface area contributed by atoms with E-state index >= 15 is 0 Å². The number of piperidine rings is 2. The van der Waals surface area contributed by atoms with Crippen molar-refractivity contribution < 1.29 is 4.79 Å². The molecule has 0 spiro atoms. The van der Waals surface area contributed by atoms with Crippen LogP contribution in [-0.2, 0) is 4.79 Å². The van der Waals surface area contributed by atoms with Crippen LogP contribution in [0.1, 0.15) is 39.0 Å². The van der Waals surface area contributed by atoms with Gasteiger partial charge in [0.05, 0.1) is 6.04 Å². The van der Waals surface area contributed by atoms with Crippen LogP contribution in [0, 0.1) is 5.92 Å². The zero-order valence-electron chi connectivity index (χ0n) is 15.6. The van der Waals surface area contributed by atoms with Crippen LogP contribution in [0.4, 0.5) is 5.82 Å². The van der Waals surface area contributed by atoms with E-state index in [-0.39, 0.29) is 30.9 Å². The van der Waals surface area contributed by atoms with Crippen molar-refractivity contribution in [2.24, 2.45) is 5.92 Å². The molecule has 0 aromatic carbocycles. The second kappa shape index (κ2) is 11.6. The maximum atomic E-state index is 12.7. The monoisotopic (exact) mass is 402 g/mol. The van der Waals surface area contributed by atoms with Gasteiger partial charge in [-0.3, -0.25) is 4.79 Å². The van der Waals surface area contributed by atoms with Crippen molar-refractivity contribution >= 4 is 36.5 Å². The molecule has 7 heteroatoms. The molecule has 1 atom stereocenters. The number of halogens is 2. The van der Waals surface area contributed by atoms with Crippen LogP contribution >= 0.6 is 24.8 Å². The molecule has 1 aromatic heterocycles. The average Bonchev–Trinajstić information content (AvgIpc) is 2.67. The molecule has 0 radical (unpaired) electrons. The molecule has 2 fully saturated rings. The topological polar surface area (TPSA) is 48.5 Å². The molecule has 148 valence electrons. The Morgan fingerprint density at radius 2 is 2.00 bits per heavy atom. The van der Waals surface area contributed by atoms with Gasteiger partial charge in [-0.2, -0.15) is 0 Å². The molecule has 2 aliphatic heterocycles. The number of anilines is 1. The van der Waals surface area contributed by atoms with Gasteiger partial charge in [0.1, 0.15) is 5.82 Å². The third kappa shape index (κ3) is 6.00. The summed E-state index contributed by atoms with van der Waals surface area (Å²) in [4.78, 5) is 21.6. The smallest absolute Gasteiger partial charge is 0.239 e. The predicted molar refractivity (Wildman–Crippen MR) is 112 cm³/mol. The second-order valence-corrected chi connectivity index (χ2v) is 7.00. The fourth-order valence-electron chi connectivity index (χ4n) is 3.86. The first-order chi connectivity index (χ1) is 11.8. The van der Waals surface area contributed by atoms with E-state index in [1.807, 2.05) is 18.3 Å². The average molecular weight is 403 g/mol. The summed E-state index contributed by atoms with van der Waals surface area (Å²) in [5.74, 6) is 1.99. The highest BCUT2D eigenvalue weighted by molar-refractivity contribution is 5.85. The fourth-order valence-corrected chi connectivity index (χ4v) is 3.86. The number of rotatable bonds is 5. The van der Waals surface area contributed by atoms with Gasteiger partial charge in [-0.15, -0.1) is 24.8 Å². The minimum atomic E-state index is 0. The zero-order valence-corrected chi connectivity index (χ0v) is 17.2. The van der Waals surface area contributed by atoms with Gasteiger partial charge in [0.25, 0.3) is 0 Å². The Labute approximate surface area is 169 Å². The summed E-state index contributed by atoms with van der Waals surface area (Å²) in [6, 6.07) is 6.13. The van der Waals surface area contributed by atoms with E-state index in [4.69, 9.17) is 0 Å². The van der Waals surface area contributed by atoms with Crippen LogP contribution in [0.5, 0.6) is 0 Å². The number of hydrogen-bond acceptors (Lipinski definition) is 4. The molecule has 0 saturated carbocycles. The molecule has 3 rings (SSSR count). The number of hydrogen-bond donors (Lipinski definition) is 1. The van der Waals surface area contributed by atoms with Crippen LogP contribution in [-0.4, -0.2) is 54.6 Å². The van der Waals surface area contributed by atoms with Crippen LogP contribution < -0.4 is 10.2 Å². The van der Waals surface area contributed by atoms with Gasteiger partial charge in [0.2, 0.25) is 5.91 Å². The second-order valence-electron chi connectivity index (χ2n) is 7.00. The first kappa shape index (κ1) is 23.0. The van der Waals surface area contributed by atoms with Crippen molar-refractivity contribution in [1.29, 1.82) is 0 Å². The van der Waals surface area contributed by atoms with E-state index in [0.29, 0.717) is 11.8 Å². The van der Waals surface area contributed by atoms with E-state index in [9.17, 15) is 4.79 Å². The number of amides is 1. The summed E-state index contributed by atoms with van der Waals surface area (Å²) in [7, 11) is 0. The predicted octanol–water partition coefficient (Wildman–Crippen LogP) is 3.13. The molecule has 1 amide bonds. The lowest BCUT2D eigenvalue weighted by Crippen LogP contribution is -2.50. The number of carbonyl (C=O) groups is 1. The largest absolute Gasteiger partial charge is 0.357 e. The van der Waals surface area contributed by atoms with Crippen molar-refractivity contribution in [3.63, 3.8) is 0 Å². The van der Waals surface area contributed by atoms with Crippen LogP contribution in [0.15, 0.2) is 24.4 Å². The molecular formula is C19H32Cl2N4O. The molecule has 2 saturated heterocycles. The number of aromatic nitrogens is 1. The summed E-state index contributed by atoms with van der Waals surface area (Å²) in [5, 5.41) is 3.39. The molecule has 2 aliphatic rings. The Morgan fingerprint density at radius 1 is 1.23 bits per heavy atom. The SMILES string of the molecule is CCN(CC1CCN(c2ccccn2)CC1)C(=O)[C@H]1CCCCN1.Cl.Cl. The van der Waals surface area contributed by atoms with Gasteiger partial charge >= 0.3 is 0 Å². The standard InChI is InChI=1S/C19H30N4O.2ClH/c1-2-22(19(24)17-7-3-5-11-20-17)15-16-9-13-23(14-10-16)18-8-4-6-12-21-18;;/h4,6,8,12,16-17,20H,2-3,5,7,9-11,13-15H2,1H3;2*1H/t17-;;/m1../s1. The Morgan fingerprint density at radius 3 is 2.58 bits per heavy atom. The minimum absolute atomic E-state index is 0. The molecular weight excluding hydrogens is 371 g/mol. The molecule has 3 heterocycles. The lowest BCUT2D eigenvalue weighted by Gasteiger charge is -2.36. The lowest BCUT2D eigenvalue weighted by molar-refractivity contribution is -0.134. The van der Waals surface area contributed by atoms with Gasteiger partial charge in [-0.1, -0.05) is 12.5 Å². The van der Waals surface area contributed by atoms with Gasteiger partial charge < -0.3 is 15.1 Å². The van der Waals surface area contributed by atoms with Crippen molar-refractivity contribution in [3.8, 4) is 0 Å². The van der Waals surface area contributed by atoms with Crippen LogP contribution in [0.2, 0.25) is 0 Å². The van der Waals surface area contributed by atoms with Gasteiger partial charge in [-0.25, -0.2) is 4.98 Å². The summed E-state index contributed by atoms with van der Waals surface area (Å²) in [5.41, 5.74) is 0. The Balaban J connectivity index is 0.00000169. The number of nitrogens with zero attached hydrogens (tertiary/aromatic N) is 3. The minimum Gasteiger partial charge on any atom is -0.357 e. The third-order valence-electron chi connectivity index (χ3n) is 5.37. The highest BCUT2D eigenvalue weighted by Crippen LogP contribution is 2.23. The van der Waals surface area contributed by atoms with E-state index < -0.39 is 0 Å². The molecule has 26 heavy (non-hydrogen) atoms. The van der Waals surface area contributed by atoms with Crippen molar-refractivity contribution in [3.05, 3.63) is 24.4 Å². The molecule has 1 aromatic rings. The molecule has 0 bridgehead atoms. The van der Waals surface area contributed by atoms with E-state index in [0.717, 1.165) is 57.8 Å². The molecule has 0 aliphatic carbocycles. The fraction of sp³-hybridized carbons (Fsp3) is 0.684. The lowest BCUT2D eigenvalue weighted by atomic mass is 9.95. The number of nitrogens with one attached hydrogen (secondary N) is 1. The molecule has 0 unspecified atom stereocenters. The summed E-state index contributed by atoms with van der Waals surface area (Å²) < 4.78 is 0. The Hall–Kier alpha value is -1.04. The van der Waals surface area contributed by atoms with Crippen molar-refractivity contribution in [2.45, 2.75) is 45.1 Å². The van der Waals surface area contributed by atoms with Crippen molar-refractivity contribution in [1.82, 2.24) is 15.2 Å². The highest BCUT2D eigenvalue weighted by atomic mass is 35.5. The number of likely N-dealkylation sites (N-methyl/N-ethyl adjacent to an activating group) is 1. The van der Waals surface area contributed by atoms with Gasteiger partial charge in [-0.05, 0) is 57.2 Å². The number of pyridine rings is 1. The first-order valence-corrected chi connectivity index (χ1v) is 9.46. The normalized spacial score (nSPS) is 20.7. The van der Waals surface area contributed by atoms with E-state index in [2.05, 4.69) is 33.1 Å². The van der Waals surface area contributed by atoms with Crippen molar-refractivity contribution in [2.75, 3.05) is 37.6 Å². The van der Waals surface area contributed by atoms with E-state index in [1.54, 1.807) is 0 Å². The van der Waals surface area contributed by atoms with Gasteiger partial charge in [0, 0.05) is 32.4 Å². The third-order valence-corrected chi connectivity index (χ3v) is 5.37. The van der Waals surface area contributed by atoms with Gasteiger partial charge in [0.15, 0.2) is 0 Å². The first-order valence-electron chi connectivity index (χ1n) is 9.46. The number of carbonyl (C=O) groups excluding carboxylic acids is 1. The van der Waals surface area contributed by atoms with E-state index in [1.165, 1.54) is 12.8 Å². The Kier molecular flexibility index (Phi) is 10.3. The molecule has 5 nitrogen and oxygen atoms in total. The summed E-state index contributed by atoms with van der Waals surface area (Å²) in [6.07, 6.45) is 7.49. The Bertz CT molecular complexity index is 518. The maximum Gasteiger partial charge on any atom is 0.239 e. The van der Waals surface area contributed by atoms with Crippen LogP contribution in [0.25, 0.3) is 0 Å². The maximum absolute atomic E-state index is 12.7. The highest BCUT2D eigenvalue weighted by Gasteiger charge is 2.28. The summed E-state index contributed by atoms with van der Waals surface area (Å²) in [6.45, 7) is 6.88. The zero-order chi connectivity index (χ0) is 16.8. The quantitative estimate of drug-likeness (QED) is 0.821. The summed E-state index contributed by atoms with van der Waals surface area (Å²) >= 11 is 0. The van der Waals surface area contributed by atoms with Crippen LogP contribution in [0.3, 0.4) is 0 Å². The molecule has 1 N–H and O–H groups in total.